The molecular formula is C17H24N2O2. The molecule has 2 rings (SSSR count). The number of para-hydroxylation sites is 1. The van der Waals surface area contributed by atoms with E-state index in [1.807, 2.05) is 32.0 Å². The Hall–Kier alpha value is -1.81. The van der Waals surface area contributed by atoms with E-state index in [4.69, 9.17) is 4.42 Å². The summed E-state index contributed by atoms with van der Waals surface area (Å²) in [6.07, 6.45) is 1.80. The van der Waals surface area contributed by atoms with Crippen LogP contribution in [0.25, 0.3) is 11.0 Å². The standard InChI is InChI=1S/C17H24N2O2/c1-4-10-18-17(20)12(3)19-11-14-13-8-6-7-9-16(13)21-15(14)5-2/h6-9,12,19H,4-5,10-11H2,1-3H3,(H,18,20). The maximum Gasteiger partial charge on any atom is 0.236 e. The third-order valence-electron chi connectivity index (χ3n) is 3.63. The van der Waals surface area contributed by atoms with E-state index >= 15 is 0 Å². The van der Waals surface area contributed by atoms with Crippen molar-refractivity contribution in [3.63, 3.8) is 0 Å². The highest BCUT2D eigenvalue weighted by molar-refractivity contribution is 5.83. The van der Waals surface area contributed by atoms with Crippen molar-refractivity contribution in [2.75, 3.05) is 6.54 Å². The van der Waals surface area contributed by atoms with Crippen molar-refractivity contribution >= 4 is 16.9 Å². The molecule has 1 atom stereocenters. The summed E-state index contributed by atoms with van der Waals surface area (Å²) in [6, 6.07) is 7.82. The lowest BCUT2D eigenvalue weighted by Gasteiger charge is -2.13. The molecule has 2 N–H and O–H groups in total. The van der Waals surface area contributed by atoms with E-state index in [0.717, 1.165) is 41.7 Å². The summed E-state index contributed by atoms with van der Waals surface area (Å²) in [7, 11) is 0. The quantitative estimate of drug-likeness (QED) is 0.823. The number of rotatable bonds is 7. The Morgan fingerprint density at radius 3 is 2.76 bits per heavy atom. The Labute approximate surface area is 125 Å². The molecule has 0 aliphatic carbocycles. The van der Waals surface area contributed by atoms with Gasteiger partial charge in [0, 0.05) is 30.5 Å². The van der Waals surface area contributed by atoms with Gasteiger partial charge in [-0.3, -0.25) is 4.79 Å². The lowest BCUT2D eigenvalue weighted by molar-refractivity contribution is -0.122. The fourth-order valence-corrected chi connectivity index (χ4v) is 2.38. The Morgan fingerprint density at radius 1 is 1.29 bits per heavy atom. The minimum absolute atomic E-state index is 0.0442. The summed E-state index contributed by atoms with van der Waals surface area (Å²) in [6.45, 7) is 7.38. The molecule has 1 heterocycles. The number of hydrogen-bond donors (Lipinski definition) is 2. The number of nitrogens with one attached hydrogen (secondary N) is 2. The van der Waals surface area contributed by atoms with Gasteiger partial charge in [0.1, 0.15) is 11.3 Å². The van der Waals surface area contributed by atoms with Gasteiger partial charge < -0.3 is 15.1 Å². The van der Waals surface area contributed by atoms with Gasteiger partial charge in [-0.2, -0.15) is 0 Å². The maximum atomic E-state index is 11.9. The average Bonchev–Trinajstić information content (AvgIpc) is 2.87. The predicted molar refractivity (Wildman–Crippen MR) is 85.2 cm³/mol. The zero-order valence-electron chi connectivity index (χ0n) is 13.0. The first kappa shape index (κ1) is 15.6. The molecule has 1 unspecified atom stereocenters. The molecule has 114 valence electrons. The lowest BCUT2D eigenvalue weighted by atomic mass is 10.1. The summed E-state index contributed by atoms with van der Waals surface area (Å²) in [5.74, 6) is 1.03. The van der Waals surface area contributed by atoms with Crippen LogP contribution in [-0.2, 0) is 17.8 Å². The fraction of sp³-hybridized carbons (Fsp3) is 0.471. The maximum absolute atomic E-state index is 11.9. The van der Waals surface area contributed by atoms with Crippen molar-refractivity contribution < 1.29 is 9.21 Å². The number of hydrogen-bond acceptors (Lipinski definition) is 3. The molecular weight excluding hydrogens is 264 g/mol. The fourth-order valence-electron chi connectivity index (χ4n) is 2.38. The van der Waals surface area contributed by atoms with Gasteiger partial charge in [-0.15, -0.1) is 0 Å². The second-order valence-corrected chi connectivity index (χ2v) is 5.25. The Morgan fingerprint density at radius 2 is 2.05 bits per heavy atom. The molecule has 0 aliphatic rings. The SMILES string of the molecule is CCCNC(=O)C(C)NCc1c(CC)oc2ccccc12. The Balaban J connectivity index is 2.07. The lowest BCUT2D eigenvalue weighted by Crippen LogP contribution is -2.42. The molecule has 0 fully saturated rings. The third-order valence-corrected chi connectivity index (χ3v) is 3.63. The molecule has 4 heteroatoms. The Kier molecular flexibility index (Phi) is 5.39. The monoisotopic (exact) mass is 288 g/mol. The topological polar surface area (TPSA) is 54.3 Å². The van der Waals surface area contributed by atoms with Crippen LogP contribution in [-0.4, -0.2) is 18.5 Å². The van der Waals surface area contributed by atoms with Crippen LogP contribution >= 0.6 is 0 Å². The number of aryl methyl sites for hydroxylation is 1. The third kappa shape index (κ3) is 3.64. The van der Waals surface area contributed by atoms with Gasteiger partial charge in [0.25, 0.3) is 0 Å². The van der Waals surface area contributed by atoms with E-state index in [9.17, 15) is 4.79 Å². The number of benzene rings is 1. The molecule has 1 amide bonds. The summed E-state index contributed by atoms with van der Waals surface area (Å²) in [5.41, 5.74) is 2.07. The van der Waals surface area contributed by atoms with Crippen molar-refractivity contribution in [3.05, 3.63) is 35.6 Å². The van der Waals surface area contributed by atoms with Gasteiger partial charge in [0.2, 0.25) is 5.91 Å². The molecule has 2 aromatic rings. The number of carbonyl (C=O) groups excluding carboxylic acids is 1. The van der Waals surface area contributed by atoms with E-state index in [0.29, 0.717) is 6.54 Å². The molecule has 1 aromatic heterocycles. The highest BCUT2D eigenvalue weighted by atomic mass is 16.3. The van der Waals surface area contributed by atoms with Crippen LogP contribution in [0, 0.1) is 0 Å². The van der Waals surface area contributed by atoms with Crippen LogP contribution in [0.1, 0.15) is 38.5 Å². The van der Waals surface area contributed by atoms with E-state index in [1.165, 1.54) is 0 Å². The van der Waals surface area contributed by atoms with E-state index in [2.05, 4.69) is 23.6 Å². The van der Waals surface area contributed by atoms with Gasteiger partial charge >= 0.3 is 0 Å². The Bertz CT molecular complexity index is 604. The van der Waals surface area contributed by atoms with Gasteiger partial charge in [0.05, 0.1) is 6.04 Å². The highest BCUT2D eigenvalue weighted by Gasteiger charge is 2.16. The molecule has 0 spiro atoms. The van der Waals surface area contributed by atoms with Crippen LogP contribution in [0.2, 0.25) is 0 Å². The van der Waals surface area contributed by atoms with Crippen molar-refractivity contribution in [1.29, 1.82) is 0 Å². The minimum Gasteiger partial charge on any atom is -0.461 e. The number of fused-ring (bicyclic) bond motifs is 1. The number of carbonyl (C=O) groups is 1. The molecule has 21 heavy (non-hydrogen) atoms. The molecule has 4 nitrogen and oxygen atoms in total. The second-order valence-electron chi connectivity index (χ2n) is 5.25. The zero-order valence-corrected chi connectivity index (χ0v) is 13.0. The molecule has 0 radical (unpaired) electrons. The van der Waals surface area contributed by atoms with E-state index in [1.54, 1.807) is 0 Å². The minimum atomic E-state index is -0.213. The summed E-state index contributed by atoms with van der Waals surface area (Å²) in [4.78, 5) is 11.9. The smallest absolute Gasteiger partial charge is 0.236 e. The number of amides is 1. The largest absolute Gasteiger partial charge is 0.461 e. The first-order valence-electron chi connectivity index (χ1n) is 7.67. The number of furan rings is 1. The summed E-state index contributed by atoms with van der Waals surface area (Å²) in [5, 5.41) is 7.32. The molecule has 0 saturated heterocycles. The van der Waals surface area contributed by atoms with E-state index < -0.39 is 0 Å². The van der Waals surface area contributed by atoms with Gasteiger partial charge in [-0.1, -0.05) is 32.0 Å². The van der Waals surface area contributed by atoms with Crippen LogP contribution < -0.4 is 10.6 Å². The second kappa shape index (κ2) is 7.27. The van der Waals surface area contributed by atoms with Gasteiger partial charge in [-0.05, 0) is 19.4 Å². The van der Waals surface area contributed by atoms with Crippen molar-refractivity contribution in [1.82, 2.24) is 10.6 Å². The molecule has 0 aliphatic heterocycles. The van der Waals surface area contributed by atoms with E-state index in [-0.39, 0.29) is 11.9 Å². The van der Waals surface area contributed by atoms with Gasteiger partial charge in [0.15, 0.2) is 0 Å². The highest BCUT2D eigenvalue weighted by Crippen LogP contribution is 2.26. The van der Waals surface area contributed by atoms with Crippen LogP contribution in [0.15, 0.2) is 28.7 Å². The van der Waals surface area contributed by atoms with Crippen LogP contribution in [0.4, 0.5) is 0 Å². The normalized spacial score (nSPS) is 12.5. The molecule has 0 bridgehead atoms. The zero-order chi connectivity index (χ0) is 15.2. The summed E-state index contributed by atoms with van der Waals surface area (Å²) >= 11 is 0. The average molecular weight is 288 g/mol. The van der Waals surface area contributed by atoms with Crippen LogP contribution in [0.3, 0.4) is 0 Å². The van der Waals surface area contributed by atoms with Gasteiger partial charge in [-0.25, -0.2) is 0 Å². The van der Waals surface area contributed by atoms with Crippen molar-refractivity contribution in [2.45, 2.75) is 46.2 Å². The first-order chi connectivity index (χ1) is 10.2. The van der Waals surface area contributed by atoms with Crippen LogP contribution in [0.5, 0.6) is 0 Å². The summed E-state index contributed by atoms with van der Waals surface area (Å²) < 4.78 is 5.87. The van der Waals surface area contributed by atoms with Crippen molar-refractivity contribution in [2.24, 2.45) is 0 Å². The van der Waals surface area contributed by atoms with Crippen molar-refractivity contribution in [3.8, 4) is 0 Å². The molecule has 1 aromatic carbocycles. The predicted octanol–water partition coefficient (Wildman–Crippen LogP) is 3.00. The molecule has 0 saturated carbocycles. The first-order valence-corrected chi connectivity index (χ1v) is 7.67.